The molecule has 4 nitrogen and oxygen atoms in total. The summed E-state index contributed by atoms with van der Waals surface area (Å²) < 4.78 is 38.4. The zero-order valence-corrected chi connectivity index (χ0v) is 9.70. The molecule has 1 aromatic carbocycles. The smallest absolute Gasteiger partial charge is 0.355 e. The maximum absolute atomic E-state index is 12.8. The highest BCUT2D eigenvalue weighted by Crippen LogP contribution is 2.35. The Hall–Kier alpha value is -2.28. The summed E-state index contributed by atoms with van der Waals surface area (Å²) in [6, 6.07) is 8.31. The van der Waals surface area contributed by atoms with E-state index in [1.807, 2.05) is 0 Å². The summed E-state index contributed by atoms with van der Waals surface area (Å²) >= 11 is 0. The maximum Gasteiger partial charge on any atom is 0.418 e. The number of benzene rings is 1. The van der Waals surface area contributed by atoms with Gasteiger partial charge in [0.2, 0.25) is 0 Å². The summed E-state index contributed by atoms with van der Waals surface area (Å²) in [5.74, 6) is 5.55. The number of nitrogens with one attached hydrogen (secondary N) is 2. The van der Waals surface area contributed by atoms with Gasteiger partial charge in [0.15, 0.2) is 0 Å². The highest BCUT2D eigenvalue weighted by molar-refractivity contribution is 5.65. The highest BCUT2D eigenvalue weighted by Gasteiger charge is 2.33. The normalized spacial score (nSPS) is 11.2. The number of nitrogens with zero attached hydrogens (tertiary/aromatic N) is 1. The number of halogens is 3. The first kappa shape index (κ1) is 13.2. The average Bonchev–Trinajstić information content (AvgIpc) is 2.38. The lowest BCUT2D eigenvalue weighted by Crippen LogP contribution is -2.10. The van der Waals surface area contributed by atoms with Gasteiger partial charge in [-0.15, -0.1) is 0 Å². The van der Waals surface area contributed by atoms with Crippen LogP contribution < -0.4 is 16.6 Å². The van der Waals surface area contributed by atoms with Crippen LogP contribution in [-0.4, -0.2) is 4.98 Å². The molecule has 19 heavy (non-hydrogen) atoms. The van der Waals surface area contributed by atoms with Crippen molar-refractivity contribution in [3.63, 3.8) is 0 Å². The molecule has 2 rings (SSSR count). The van der Waals surface area contributed by atoms with Gasteiger partial charge in [0.25, 0.3) is 0 Å². The van der Waals surface area contributed by atoms with Gasteiger partial charge in [-0.3, -0.25) is 0 Å². The van der Waals surface area contributed by atoms with E-state index in [1.54, 1.807) is 6.07 Å². The van der Waals surface area contributed by atoms with E-state index >= 15 is 0 Å². The standard InChI is InChI=1S/C12H11F3N4/c13-12(14,15)9-3-1-2-4-10(9)18-8-5-6-17-11(7-8)19-16/h1-7H,16H2,(H2,17,18,19). The number of anilines is 3. The monoisotopic (exact) mass is 268 g/mol. The van der Waals surface area contributed by atoms with Crippen LogP contribution in [0.4, 0.5) is 30.4 Å². The molecule has 0 aliphatic rings. The molecule has 0 aliphatic heterocycles. The fourth-order valence-electron chi connectivity index (χ4n) is 1.58. The van der Waals surface area contributed by atoms with Crippen molar-refractivity contribution in [1.29, 1.82) is 0 Å². The highest BCUT2D eigenvalue weighted by atomic mass is 19.4. The molecule has 0 amide bonds. The number of para-hydroxylation sites is 1. The number of rotatable bonds is 3. The van der Waals surface area contributed by atoms with Crippen LogP contribution >= 0.6 is 0 Å². The second-order valence-electron chi connectivity index (χ2n) is 3.74. The molecular formula is C12H11F3N4. The van der Waals surface area contributed by atoms with Gasteiger partial charge in [-0.05, 0) is 18.2 Å². The first-order valence-corrected chi connectivity index (χ1v) is 5.36. The van der Waals surface area contributed by atoms with E-state index in [-0.39, 0.29) is 5.69 Å². The van der Waals surface area contributed by atoms with E-state index in [9.17, 15) is 13.2 Å². The average molecular weight is 268 g/mol. The Bertz CT molecular complexity index is 569. The Labute approximate surface area is 107 Å². The van der Waals surface area contributed by atoms with E-state index in [0.29, 0.717) is 11.5 Å². The molecule has 0 unspecified atom stereocenters. The predicted molar refractivity (Wildman–Crippen MR) is 66.8 cm³/mol. The molecule has 1 heterocycles. The second kappa shape index (κ2) is 5.15. The molecule has 100 valence electrons. The Morgan fingerprint density at radius 3 is 2.53 bits per heavy atom. The molecular weight excluding hydrogens is 257 g/mol. The van der Waals surface area contributed by atoms with Crippen molar-refractivity contribution in [2.24, 2.45) is 5.84 Å². The Kier molecular flexibility index (Phi) is 3.57. The zero-order valence-electron chi connectivity index (χ0n) is 9.70. The molecule has 0 saturated heterocycles. The van der Waals surface area contributed by atoms with E-state index in [0.717, 1.165) is 6.07 Å². The summed E-state index contributed by atoms with van der Waals surface area (Å²) in [4.78, 5) is 3.87. The van der Waals surface area contributed by atoms with Crippen LogP contribution in [0, 0.1) is 0 Å². The molecule has 1 aromatic heterocycles. The van der Waals surface area contributed by atoms with E-state index in [4.69, 9.17) is 5.84 Å². The van der Waals surface area contributed by atoms with Crippen LogP contribution in [0.5, 0.6) is 0 Å². The molecule has 0 bridgehead atoms. The van der Waals surface area contributed by atoms with Gasteiger partial charge < -0.3 is 10.7 Å². The summed E-state index contributed by atoms with van der Waals surface area (Å²) in [5.41, 5.74) is 2.03. The largest absolute Gasteiger partial charge is 0.418 e. The minimum absolute atomic E-state index is 0.0239. The van der Waals surface area contributed by atoms with Crippen molar-refractivity contribution >= 4 is 17.2 Å². The van der Waals surface area contributed by atoms with Crippen LogP contribution in [0.1, 0.15) is 5.56 Å². The third-order valence-electron chi connectivity index (χ3n) is 2.42. The minimum atomic E-state index is -4.41. The van der Waals surface area contributed by atoms with Gasteiger partial charge >= 0.3 is 6.18 Å². The van der Waals surface area contributed by atoms with Crippen molar-refractivity contribution in [3.05, 3.63) is 48.2 Å². The van der Waals surface area contributed by atoms with Gasteiger partial charge in [0.05, 0.1) is 11.3 Å². The summed E-state index contributed by atoms with van der Waals surface area (Å²) in [5, 5.41) is 2.70. The Balaban J connectivity index is 2.33. The number of nitrogens with two attached hydrogens (primary N) is 1. The van der Waals surface area contributed by atoms with Crippen molar-refractivity contribution in [3.8, 4) is 0 Å². The minimum Gasteiger partial charge on any atom is -0.355 e. The maximum atomic E-state index is 12.8. The van der Waals surface area contributed by atoms with E-state index < -0.39 is 11.7 Å². The third kappa shape index (κ3) is 3.14. The van der Waals surface area contributed by atoms with Crippen molar-refractivity contribution in [2.75, 3.05) is 10.7 Å². The fourth-order valence-corrected chi connectivity index (χ4v) is 1.58. The van der Waals surface area contributed by atoms with Gasteiger partial charge in [-0.1, -0.05) is 12.1 Å². The van der Waals surface area contributed by atoms with Crippen molar-refractivity contribution < 1.29 is 13.2 Å². The lowest BCUT2D eigenvalue weighted by molar-refractivity contribution is -0.136. The molecule has 4 N–H and O–H groups in total. The van der Waals surface area contributed by atoms with Crippen LogP contribution in [-0.2, 0) is 6.18 Å². The summed E-state index contributed by atoms with van der Waals surface area (Å²) in [6.07, 6.45) is -2.97. The lowest BCUT2D eigenvalue weighted by Gasteiger charge is -2.14. The molecule has 2 aromatic rings. The van der Waals surface area contributed by atoms with Crippen LogP contribution in [0.25, 0.3) is 0 Å². The fraction of sp³-hybridized carbons (Fsp3) is 0.0833. The predicted octanol–water partition coefficient (Wildman–Crippen LogP) is 3.13. The topological polar surface area (TPSA) is 63.0 Å². The van der Waals surface area contributed by atoms with Gasteiger partial charge in [0, 0.05) is 18.0 Å². The van der Waals surface area contributed by atoms with Gasteiger partial charge in [0.1, 0.15) is 5.82 Å². The first-order chi connectivity index (χ1) is 9.00. The van der Waals surface area contributed by atoms with E-state index in [1.165, 1.54) is 30.5 Å². The quantitative estimate of drug-likeness (QED) is 0.591. The van der Waals surface area contributed by atoms with Crippen LogP contribution in [0.15, 0.2) is 42.6 Å². The molecule has 0 radical (unpaired) electrons. The van der Waals surface area contributed by atoms with Gasteiger partial charge in [-0.25, -0.2) is 10.8 Å². The van der Waals surface area contributed by atoms with Gasteiger partial charge in [-0.2, -0.15) is 13.2 Å². The molecule has 0 spiro atoms. The number of hydrazine groups is 1. The molecule has 7 heteroatoms. The first-order valence-electron chi connectivity index (χ1n) is 5.36. The second-order valence-corrected chi connectivity index (χ2v) is 3.74. The number of hydrogen-bond donors (Lipinski definition) is 3. The van der Waals surface area contributed by atoms with E-state index in [2.05, 4.69) is 15.7 Å². The molecule has 0 fully saturated rings. The molecule has 0 saturated carbocycles. The number of alkyl halides is 3. The number of nitrogen functional groups attached to an aromatic ring is 1. The third-order valence-corrected chi connectivity index (χ3v) is 2.42. The Morgan fingerprint density at radius 2 is 1.84 bits per heavy atom. The van der Waals surface area contributed by atoms with Crippen LogP contribution in [0.2, 0.25) is 0 Å². The summed E-state index contributed by atoms with van der Waals surface area (Å²) in [6.45, 7) is 0. The number of aromatic nitrogens is 1. The number of pyridine rings is 1. The SMILES string of the molecule is NNc1cc(Nc2ccccc2C(F)(F)F)ccn1. The number of hydrogen-bond acceptors (Lipinski definition) is 4. The molecule has 0 atom stereocenters. The molecule has 0 aliphatic carbocycles. The zero-order chi connectivity index (χ0) is 13.9. The van der Waals surface area contributed by atoms with Crippen molar-refractivity contribution in [1.82, 2.24) is 4.98 Å². The summed E-state index contributed by atoms with van der Waals surface area (Å²) in [7, 11) is 0. The van der Waals surface area contributed by atoms with Crippen molar-refractivity contribution in [2.45, 2.75) is 6.18 Å². The lowest BCUT2D eigenvalue weighted by atomic mass is 10.1. The Morgan fingerprint density at radius 1 is 1.11 bits per heavy atom. The van der Waals surface area contributed by atoms with Crippen LogP contribution in [0.3, 0.4) is 0 Å².